The minimum Gasteiger partial charge on any atom is -0.497 e. The maximum atomic E-state index is 13.4. The summed E-state index contributed by atoms with van der Waals surface area (Å²) in [5.74, 6) is 0.524. The Morgan fingerprint density at radius 3 is 2.31 bits per heavy atom. The molecule has 0 amide bonds. The van der Waals surface area contributed by atoms with Crippen LogP contribution in [-0.2, 0) is 16.6 Å². The number of hydrogen-bond acceptors (Lipinski definition) is 5. The molecule has 3 rings (SSSR count). The van der Waals surface area contributed by atoms with Crippen LogP contribution >= 0.6 is 0 Å². The zero-order valence-electron chi connectivity index (χ0n) is 16.0. The summed E-state index contributed by atoms with van der Waals surface area (Å²) in [6, 6.07) is 19.2. The fraction of sp³-hybridized carbons (Fsp3) is 0.143. The van der Waals surface area contributed by atoms with Gasteiger partial charge in [0.2, 0.25) is 0 Å². The van der Waals surface area contributed by atoms with E-state index in [0.29, 0.717) is 11.4 Å². The average molecular weight is 412 g/mol. The van der Waals surface area contributed by atoms with Gasteiger partial charge in [-0.25, -0.2) is 8.42 Å². The Morgan fingerprint density at radius 2 is 1.69 bits per heavy atom. The van der Waals surface area contributed by atoms with Crippen molar-refractivity contribution in [2.24, 2.45) is 0 Å². The molecule has 150 valence electrons. The molecule has 3 aromatic carbocycles. The Bertz CT molecular complexity index is 1130. The molecule has 8 heteroatoms. The van der Waals surface area contributed by atoms with Gasteiger partial charge < -0.3 is 4.74 Å². The number of nitrogens with zero attached hydrogens (tertiary/aromatic N) is 2. The highest BCUT2D eigenvalue weighted by molar-refractivity contribution is 7.92. The van der Waals surface area contributed by atoms with Gasteiger partial charge in [0.15, 0.2) is 0 Å². The topological polar surface area (TPSA) is 89.8 Å². The second-order valence-electron chi connectivity index (χ2n) is 6.39. The summed E-state index contributed by atoms with van der Waals surface area (Å²) >= 11 is 0. The van der Waals surface area contributed by atoms with Gasteiger partial charge in [0.05, 0.1) is 29.2 Å². The molecule has 0 radical (unpaired) electrons. The van der Waals surface area contributed by atoms with Crippen LogP contribution in [0.15, 0.2) is 77.7 Å². The summed E-state index contributed by atoms with van der Waals surface area (Å²) in [6.07, 6.45) is 0. The van der Waals surface area contributed by atoms with E-state index < -0.39 is 14.9 Å². The molecule has 0 fully saturated rings. The molecule has 0 saturated carbocycles. The van der Waals surface area contributed by atoms with E-state index in [1.54, 1.807) is 24.3 Å². The number of benzene rings is 3. The van der Waals surface area contributed by atoms with Crippen LogP contribution in [0.4, 0.5) is 11.4 Å². The highest BCUT2D eigenvalue weighted by atomic mass is 32.2. The molecule has 0 N–H and O–H groups in total. The summed E-state index contributed by atoms with van der Waals surface area (Å²) in [6.45, 7) is 2.02. The zero-order valence-corrected chi connectivity index (χ0v) is 16.8. The van der Waals surface area contributed by atoms with Crippen molar-refractivity contribution in [1.82, 2.24) is 0 Å². The zero-order chi connectivity index (χ0) is 21.0. The second-order valence-corrected chi connectivity index (χ2v) is 8.25. The molecule has 3 aromatic rings. The predicted octanol–water partition coefficient (Wildman–Crippen LogP) is 4.31. The Balaban J connectivity index is 2.10. The quantitative estimate of drug-likeness (QED) is 0.426. The van der Waals surface area contributed by atoms with E-state index in [2.05, 4.69) is 0 Å². The first-order chi connectivity index (χ1) is 13.8. The van der Waals surface area contributed by atoms with Gasteiger partial charge in [0.25, 0.3) is 15.7 Å². The van der Waals surface area contributed by atoms with Crippen LogP contribution < -0.4 is 9.04 Å². The van der Waals surface area contributed by atoms with Crippen LogP contribution in [0.1, 0.15) is 11.1 Å². The Morgan fingerprint density at radius 1 is 1.00 bits per heavy atom. The number of non-ortho nitro benzene ring substituents is 1. The Kier molecular flexibility index (Phi) is 5.84. The van der Waals surface area contributed by atoms with E-state index in [0.717, 1.165) is 11.1 Å². The monoisotopic (exact) mass is 412 g/mol. The third kappa shape index (κ3) is 4.38. The van der Waals surface area contributed by atoms with Gasteiger partial charge in [-0.05, 0) is 42.3 Å². The Labute approximate surface area is 169 Å². The molecular weight excluding hydrogens is 392 g/mol. The summed E-state index contributed by atoms with van der Waals surface area (Å²) in [4.78, 5) is 10.3. The first-order valence-electron chi connectivity index (χ1n) is 8.78. The fourth-order valence-electron chi connectivity index (χ4n) is 2.89. The van der Waals surface area contributed by atoms with Gasteiger partial charge in [-0.2, -0.15) is 0 Å². The smallest absolute Gasteiger partial charge is 0.269 e. The lowest BCUT2D eigenvalue weighted by Gasteiger charge is -2.25. The lowest BCUT2D eigenvalue weighted by Crippen LogP contribution is -2.30. The highest BCUT2D eigenvalue weighted by Gasteiger charge is 2.26. The van der Waals surface area contributed by atoms with Crippen LogP contribution in [-0.4, -0.2) is 20.5 Å². The number of sulfonamides is 1. The van der Waals surface area contributed by atoms with Gasteiger partial charge in [-0.3, -0.25) is 14.4 Å². The van der Waals surface area contributed by atoms with Crippen LogP contribution in [0, 0.1) is 17.0 Å². The number of aryl methyl sites for hydroxylation is 1. The number of ether oxygens (including phenoxy) is 1. The molecule has 0 heterocycles. The Hall–Kier alpha value is -3.39. The minimum absolute atomic E-state index is 0.0282. The van der Waals surface area contributed by atoms with Crippen molar-refractivity contribution in [3.8, 4) is 5.75 Å². The number of methoxy groups -OCH3 is 1. The molecule has 0 spiro atoms. The first-order valence-corrected chi connectivity index (χ1v) is 10.2. The summed E-state index contributed by atoms with van der Waals surface area (Å²) in [5.41, 5.74) is 2.07. The van der Waals surface area contributed by atoms with Gasteiger partial charge in [-0.15, -0.1) is 0 Å². The van der Waals surface area contributed by atoms with Crippen molar-refractivity contribution in [3.05, 3.63) is 94.0 Å². The van der Waals surface area contributed by atoms with Crippen molar-refractivity contribution < 1.29 is 18.1 Å². The fourth-order valence-corrected chi connectivity index (χ4v) is 4.32. The maximum absolute atomic E-state index is 13.4. The van der Waals surface area contributed by atoms with Crippen molar-refractivity contribution in [3.63, 3.8) is 0 Å². The molecule has 0 aliphatic heterocycles. The first kappa shape index (κ1) is 20.3. The number of nitro benzene ring substituents is 1. The van der Waals surface area contributed by atoms with Crippen molar-refractivity contribution in [1.29, 1.82) is 0 Å². The van der Waals surface area contributed by atoms with E-state index in [-0.39, 0.29) is 17.1 Å². The van der Waals surface area contributed by atoms with Gasteiger partial charge >= 0.3 is 0 Å². The number of nitro groups is 1. The molecule has 0 atom stereocenters. The molecule has 0 aromatic heterocycles. The lowest BCUT2D eigenvalue weighted by atomic mass is 10.1. The van der Waals surface area contributed by atoms with Crippen LogP contribution in [0.25, 0.3) is 0 Å². The van der Waals surface area contributed by atoms with Crippen molar-refractivity contribution in [2.45, 2.75) is 18.4 Å². The molecular formula is C21H20N2O5S. The molecule has 0 unspecified atom stereocenters. The minimum atomic E-state index is -3.98. The predicted molar refractivity (Wildman–Crippen MR) is 111 cm³/mol. The summed E-state index contributed by atoms with van der Waals surface area (Å²) in [7, 11) is -2.47. The van der Waals surface area contributed by atoms with E-state index in [1.807, 2.05) is 31.2 Å². The molecule has 7 nitrogen and oxygen atoms in total. The highest BCUT2D eigenvalue weighted by Crippen LogP contribution is 2.30. The summed E-state index contributed by atoms with van der Waals surface area (Å²) in [5, 5.41) is 10.9. The number of hydrogen-bond donors (Lipinski definition) is 0. The molecule has 0 saturated heterocycles. The van der Waals surface area contributed by atoms with E-state index in [4.69, 9.17) is 4.74 Å². The van der Waals surface area contributed by atoms with E-state index >= 15 is 0 Å². The van der Waals surface area contributed by atoms with Crippen molar-refractivity contribution in [2.75, 3.05) is 11.4 Å². The standard InChI is InChI=1S/C21H20N2O5S/c1-16-6-3-4-7-17(16)15-22(19-8-5-9-20(14-19)28-2)29(26,27)21-12-10-18(11-13-21)23(24)25/h3-14H,15H2,1-2H3. The maximum Gasteiger partial charge on any atom is 0.269 e. The van der Waals surface area contributed by atoms with Gasteiger partial charge in [0, 0.05) is 18.2 Å². The second kappa shape index (κ2) is 8.32. The third-order valence-electron chi connectivity index (χ3n) is 4.55. The largest absolute Gasteiger partial charge is 0.497 e. The molecule has 0 aliphatic rings. The SMILES string of the molecule is COc1cccc(N(Cc2ccccc2C)S(=O)(=O)c2ccc([N+](=O)[O-])cc2)c1. The van der Waals surface area contributed by atoms with Crippen LogP contribution in [0.5, 0.6) is 5.75 Å². The third-order valence-corrected chi connectivity index (χ3v) is 6.34. The number of anilines is 1. The molecule has 0 aliphatic carbocycles. The normalized spacial score (nSPS) is 11.1. The lowest BCUT2D eigenvalue weighted by molar-refractivity contribution is -0.384. The van der Waals surface area contributed by atoms with E-state index in [1.165, 1.54) is 35.7 Å². The van der Waals surface area contributed by atoms with Crippen LogP contribution in [0.3, 0.4) is 0 Å². The van der Waals surface area contributed by atoms with E-state index in [9.17, 15) is 18.5 Å². The van der Waals surface area contributed by atoms with Gasteiger partial charge in [-0.1, -0.05) is 30.3 Å². The average Bonchev–Trinajstić information content (AvgIpc) is 2.73. The summed E-state index contributed by atoms with van der Waals surface area (Å²) < 4.78 is 33.4. The van der Waals surface area contributed by atoms with Crippen molar-refractivity contribution >= 4 is 21.4 Å². The van der Waals surface area contributed by atoms with Gasteiger partial charge in [0.1, 0.15) is 5.75 Å². The van der Waals surface area contributed by atoms with Crippen LogP contribution in [0.2, 0.25) is 0 Å². The number of rotatable bonds is 7. The molecule has 29 heavy (non-hydrogen) atoms. The molecule has 0 bridgehead atoms.